The summed E-state index contributed by atoms with van der Waals surface area (Å²) in [5.74, 6) is 0.346. The topological polar surface area (TPSA) is 105 Å². The summed E-state index contributed by atoms with van der Waals surface area (Å²) in [4.78, 5) is 28.2. The number of hydrogen-bond donors (Lipinski definition) is 2. The lowest BCUT2D eigenvalue weighted by Gasteiger charge is -2.29. The number of nitrogens with one attached hydrogen (secondary N) is 2. The van der Waals surface area contributed by atoms with Crippen molar-refractivity contribution in [3.8, 4) is 5.75 Å². The first-order valence-corrected chi connectivity index (χ1v) is 15.0. The van der Waals surface area contributed by atoms with E-state index < -0.39 is 16.1 Å². The summed E-state index contributed by atoms with van der Waals surface area (Å²) in [7, 11) is -1.93. The predicted octanol–water partition coefficient (Wildman–Crippen LogP) is 4.36. The van der Waals surface area contributed by atoms with Crippen LogP contribution in [-0.4, -0.2) is 51.4 Å². The lowest BCUT2D eigenvalue weighted by Crippen LogP contribution is -2.48. The molecule has 0 aromatic heterocycles. The van der Waals surface area contributed by atoms with Gasteiger partial charge in [0.25, 0.3) is 0 Å². The molecule has 0 fully saturated rings. The Bertz CT molecular complexity index is 1360. The van der Waals surface area contributed by atoms with Crippen molar-refractivity contribution in [2.75, 3.05) is 20.2 Å². The molecule has 0 aliphatic heterocycles. The van der Waals surface area contributed by atoms with Crippen molar-refractivity contribution >= 4 is 33.4 Å². The maximum Gasteiger partial charge on any atom is 0.242 e. The van der Waals surface area contributed by atoms with Crippen LogP contribution in [0.5, 0.6) is 5.75 Å². The van der Waals surface area contributed by atoms with Crippen LogP contribution >= 0.6 is 11.6 Å². The number of nitrogens with zero attached hydrogens (tertiary/aromatic N) is 1. The molecule has 0 heterocycles. The van der Waals surface area contributed by atoms with Crippen LogP contribution in [0, 0.1) is 0 Å². The van der Waals surface area contributed by atoms with Crippen LogP contribution in [0.2, 0.25) is 5.02 Å². The highest BCUT2D eigenvalue weighted by molar-refractivity contribution is 7.89. The van der Waals surface area contributed by atoms with Gasteiger partial charge in [-0.05, 0) is 72.9 Å². The maximum absolute atomic E-state index is 13.4. The van der Waals surface area contributed by atoms with Gasteiger partial charge in [-0.15, -0.1) is 0 Å². The number of sulfonamides is 1. The monoisotopic (exact) mass is 585 g/mol. The Kier molecular flexibility index (Phi) is 11.5. The number of benzene rings is 3. The molecular weight excluding hydrogens is 550 g/mol. The normalized spacial score (nSPS) is 12.0. The average molecular weight is 586 g/mol. The molecule has 0 saturated carbocycles. The fraction of sp³-hybridized carbons (Fsp3) is 0.333. The van der Waals surface area contributed by atoms with E-state index in [9.17, 15) is 18.0 Å². The molecule has 0 bridgehead atoms. The van der Waals surface area contributed by atoms with Crippen LogP contribution in [0.3, 0.4) is 0 Å². The molecule has 0 radical (unpaired) electrons. The first-order valence-electron chi connectivity index (χ1n) is 13.2. The standard InChI is InChI=1S/C30H36ClN3O5S/c1-4-33-40(37,38)28-16-9-23(10-17-28)11-18-29(35)34(21-25-5-12-26(31)13-6-25)22(2)30(36)32-20-19-24-7-14-27(39-3)15-8-24/h5-10,12-17,22,33H,4,11,18-21H2,1-3H3,(H,32,36)/t22-/m1/s1. The Labute approximate surface area is 241 Å². The van der Waals surface area contributed by atoms with Gasteiger partial charge in [0.05, 0.1) is 12.0 Å². The number of aryl methyl sites for hydroxylation is 1. The summed E-state index contributed by atoms with van der Waals surface area (Å²) in [6.07, 6.45) is 1.22. The molecule has 1 atom stereocenters. The van der Waals surface area contributed by atoms with Gasteiger partial charge < -0.3 is 15.0 Å². The van der Waals surface area contributed by atoms with E-state index in [-0.39, 0.29) is 29.7 Å². The van der Waals surface area contributed by atoms with Gasteiger partial charge in [0.1, 0.15) is 11.8 Å². The smallest absolute Gasteiger partial charge is 0.242 e. The molecular formula is C30H36ClN3O5S. The number of amides is 2. The highest BCUT2D eigenvalue weighted by atomic mass is 35.5. The number of hydrogen-bond acceptors (Lipinski definition) is 5. The number of carbonyl (C=O) groups excluding carboxylic acids is 2. The van der Waals surface area contributed by atoms with Gasteiger partial charge in [0, 0.05) is 31.1 Å². The average Bonchev–Trinajstić information content (AvgIpc) is 2.95. The molecule has 0 aliphatic carbocycles. The molecule has 8 nitrogen and oxygen atoms in total. The van der Waals surface area contributed by atoms with Crippen molar-refractivity contribution in [2.45, 2.75) is 50.6 Å². The van der Waals surface area contributed by atoms with E-state index in [0.717, 1.165) is 22.4 Å². The van der Waals surface area contributed by atoms with Gasteiger partial charge in [-0.25, -0.2) is 13.1 Å². The van der Waals surface area contributed by atoms with Gasteiger partial charge in [-0.2, -0.15) is 0 Å². The summed E-state index contributed by atoms with van der Waals surface area (Å²) in [5.41, 5.74) is 2.74. The molecule has 214 valence electrons. The zero-order chi connectivity index (χ0) is 29.1. The SMILES string of the molecule is CCNS(=O)(=O)c1ccc(CCC(=O)N(Cc2ccc(Cl)cc2)[C@H](C)C(=O)NCCc2ccc(OC)cc2)cc1. The molecule has 40 heavy (non-hydrogen) atoms. The van der Waals surface area contributed by atoms with Crippen LogP contribution < -0.4 is 14.8 Å². The third-order valence-electron chi connectivity index (χ3n) is 6.50. The first-order chi connectivity index (χ1) is 19.1. The lowest BCUT2D eigenvalue weighted by molar-refractivity contribution is -0.140. The third-order valence-corrected chi connectivity index (χ3v) is 8.31. The highest BCUT2D eigenvalue weighted by Crippen LogP contribution is 2.17. The number of halogens is 1. The molecule has 0 aliphatic rings. The maximum atomic E-state index is 13.4. The fourth-order valence-electron chi connectivity index (χ4n) is 4.14. The Morgan fingerprint density at radius 2 is 1.48 bits per heavy atom. The summed E-state index contributed by atoms with van der Waals surface area (Å²) >= 11 is 6.03. The fourth-order valence-corrected chi connectivity index (χ4v) is 5.31. The molecule has 3 aromatic carbocycles. The lowest BCUT2D eigenvalue weighted by atomic mass is 10.1. The second kappa shape index (κ2) is 14.8. The quantitative estimate of drug-likeness (QED) is 0.293. The Hall–Kier alpha value is -3.40. The molecule has 3 rings (SSSR count). The summed E-state index contributed by atoms with van der Waals surface area (Å²) in [5, 5.41) is 3.53. The van der Waals surface area contributed by atoms with Gasteiger partial charge in [-0.3, -0.25) is 9.59 Å². The largest absolute Gasteiger partial charge is 0.497 e. The number of rotatable bonds is 14. The summed E-state index contributed by atoms with van der Waals surface area (Å²) < 4.78 is 32.0. The second-order valence-corrected chi connectivity index (χ2v) is 11.6. The van der Waals surface area contributed by atoms with Crippen LogP contribution in [-0.2, 0) is 39.0 Å². The predicted molar refractivity (Wildman–Crippen MR) is 157 cm³/mol. The Morgan fingerprint density at radius 1 is 0.900 bits per heavy atom. The van der Waals surface area contributed by atoms with E-state index in [1.54, 1.807) is 50.1 Å². The van der Waals surface area contributed by atoms with Crippen molar-refractivity contribution in [3.63, 3.8) is 0 Å². The molecule has 0 spiro atoms. The van der Waals surface area contributed by atoms with Crippen molar-refractivity contribution in [1.82, 2.24) is 14.9 Å². The first kappa shape index (κ1) is 31.1. The van der Waals surface area contributed by atoms with Crippen LogP contribution in [0.15, 0.2) is 77.7 Å². The van der Waals surface area contributed by atoms with E-state index >= 15 is 0 Å². The van der Waals surface area contributed by atoms with E-state index in [4.69, 9.17) is 16.3 Å². The minimum absolute atomic E-state index is 0.163. The molecule has 0 unspecified atom stereocenters. The Balaban J connectivity index is 1.65. The molecule has 0 saturated heterocycles. The number of methoxy groups -OCH3 is 1. The third kappa shape index (κ3) is 9.08. The molecule has 3 aromatic rings. The van der Waals surface area contributed by atoms with E-state index in [0.29, 0.717) is 31.0 Å². The zero-order valence-electron chi connectivity index (χ0n) is 23.0. The van der Waals surface area contributed by atoms with Crippen LogP contribution in [0.4, 0.5) is 0 Å². The second-order valence-electron chi connectivity index (χ2n) is 9.36. The zero-order valence-corrected chi connectivity index (χ0v) is 24.6. The number of ether oxygens (including phenoxy) is 1. The minimum atomic E-state index is -3.54. The van der Waals surface area contributed by atoms with Gasteiger partial charge in [0.15, 0.2) is 0 Å². The van der Waals surface area contributed by atoms with E-state index in [2.05, 4.69) is 10.0 Å². The van der Waals surface area contributed by atoms with Crippen LogP contribution in [0.25, 0.3) is 0 Å². The van der Waals surface area contributed by atoms with Crippen molar-refractivity contribution < 1.29 is 22.7 Å². The van der Waals surface area contributed by atoms with Crippen molar-refractivity contribution in [2.24, 2.45) is 0 Å². The Morgan fingerprint density at radius 3 is 2.08 bits per heavy atom. The van der Waals surface area contributed by atoms with Gasteiger partial charge in [0.2, 0.25) is 21.8 Å². The molecule has 2 amide bonds. The number of carbonyl (C=O) groups is 2. The summed E-state index contributed by atoms with van der Waals surface area (Å²) in [6.45, 7) is 4.42. The van der Waals surface area contributed by atoms with E-state index in [1.807, 2.05) is 36.4 Å². The van der Waals surface area contributed by atoms with E-state index in [1.165, 1.54) is 12.1 Å². The molecule has 2 N–H and O–H groups in total. The van der Waals surface area contributed by atoms with Crippen molar-refractivity contribution in [3.05, 3.63) is 94.5 Å². The van der Waals surface area contributed by atoms with Gasteiger partial charge in [-0.1, -0.05) is 54.9 Å². The summed E-state index contributed by atoms with van der Waals surface area (Å²) in [6, 6.07) is 20.6. The van der Waals surface area contributed by atoms with Crippen molar-refractivity contribution in [1.29, 1.82) is 0 Å². The molecule has 10 heteroatoms. The van der Waals surface area contributed by atoms with Crippen LogP contribution in [0.1, 0.15) is 37.0 Å². The minimum Gasteiger partial charge on any atom is -0.497 e. The highest BCUT2D eigenvalue weighted by Gasteiger charge is 2.26. The van der Waals surface area contributed by atoms with Gasteiger partial charge >= 0.3 is 0 Å².